The van der Waals surface area contributed by atoms with Crippen LogP contribution < -0.4 is 5.32 Å². The summed E-state index contributed by atoms with van der Waals surface area (Å²) in [7, 11) is 0. The van der Waals surface area contributed by atoms with Crippen molar-refractivity contribution in [3.05, 3.63) is 51.3 Å². The fourth-order valence-corrected chi connectivity index (χ4v) is 2.68. The molecule has 0 fully saturated rings. The van der Waals surface area contributed by atoms with Gasteiger partial charge in [-0.15, -0.1) is 0 Å². The Balaban J connectivity index is 2.10. The van der Waals surface area contributed by atoms with Gasteiger partial charge in [-0.2, -0.15) is 0 Å². The highest BCUT2D eigenvalue weighted by atomic mass is 79.9. The van der Waals surface area contributed by atoms with Crippen LogP contribution in [0.25, 0.3) is 0 Å². The fraction of sp³-hybridized carbons (Fsp3) is 0.400. The molecule has 2 unspecified atom stereocenters. The minimum absolute atomic E-state index is 0.213. The lowest BCUT2D eigenvalue weighted by molar-refractivity contribution is 0.389. The van der Waals surface area contributed by atoms with Gasteiger partial charge in [-0.3, -0.25) is 0 Å². The third-order valence-corrected chi connectivity index (χ3v) is 3.92. The molecule has 3 nitrogen and oxygen atoms in total. The molecule has 2 atom stereocenters. The zero-order chi connectivity index (χ0) is 14.0. The molecule has 102 valence electrons. The Morgan fingerprint density at radius 2 is 1.74 bits per heavy atom. The molecule has 0 bridgehead atoms. The number of aryl methyl sites for hydroxylation is 2. The average Bonchev–Trinajstić information content (AvgIpc) is 2.69. The van der Waals surface area contributed by atoms with Crippen molar-refractivity contribution >= 4 is 15.9 Å². The van der Waals surface area contributed by atoms with Crippen LogP contribution in [0.15, 0.2) is 33.3 Å². The summed E-state index contributed by atoms with van der Waals surface area (Å²) in [5, 5.41) is 7.59. The third-order valence-electron chi connectivity index (χ3n) is 3.39. The van der Waals surface area contributed by atoms with E-state index in [1.54, 1.807) is 0 Å². The number of benzene rings is 1. The van der Waals surface area contributed by atoms with Crippen LogP contribution >= 0.6 is 15.9 Å². The van der Waals surface area contributed by atoms with Gasteiger partial charge >= 0.3 is 0 Å². The summed E-state index contributed by atoms with van der Waals surface area (Å²) in [4.78, 5) is 0. The van der Waals surface area contributed by atoms with E-state index in [0.717, 1.165) is 21.5 Å². The third kappa shape index (κ3) is 3.25. The predicted molar refractivity (Wildman–Crippen MR) is 80.1 cm³/mol. The van der Waals surface area contributed by atoms with Crippen LogP contribution in [-0.4, -0.2) is 5.16 Å². The molecule has 1 N–H and O–H groups in total. The first-order valence-corrected chi connectivity index (χ1v) is 7.22. The first kappa shape index (κ1) is 14.3. The number of rotatable bonds is 4. The standard InChI is InChI=1S/C15H19BrN2O/c1-9(13-5-7-14(16)8-6-13)17-10(2)15-11(3)18-19-12(15)4/h5-10,17H,1-4H3. The molecule has 2 rings (SSSR count). The van der Waals surface area contributed by atoms with Gasteiger partial charge in [0, 0.05) is 22.1 Å². The molecular formula is C15H19BrN2O. The second kappa shape index (κ2) is 5.88. The molecule has 19 heavy (non-hydrogen) atoms. The van der Waals surface area contributed by atoms with Crippen molar-refractivity contribution in [1.29, 1.82) is 0 Å². The summed E-state index contributed by atoms with van der Waals surface area (Å²) in [5.74, 6) is 0.889. The van der Waals surface area contributed by atoms with Gasteiger partial charge in [0.25, 0.3) is 0 Å². The van der Waals surface area contributed by atoms with Gasteiger partial charge in [0.2, 0.25) is 0 Å². The smallest absolute Gasteiger partial charge is 0.138 e. The van der Waals surface area contributed by atoms with Gasteiger partial charge in [0.15, 0.2) is 0 Å². The number of nitrogens with one attached hydrogen (secondary N) is 1. The average molecular weight is 323 g/mol. The van der Waals surface area contributed by atoms with E-state index in [1.807, 2.05) is 13.8 Å². The van der Waals surface area contributed by atoms with Gasteiger partial charge < -0.3 is 9.84 Å². The van der Waals surface area contributed by atoms with Crippen LogP contribution in [0.1, 0.15) is 48.5 Å². The number of halogens is 1. The summed E-state index contributed by atoms with van der Waals surface area (Å²) >= 11 is 3.45. The monoisotopic (exact) mass is 322 g/mol. The Hall–Kier alpha value is -1.13. The highest BCUT2D eigenvalue weighted by molar-refractivity contribution is 9.10. The number of hydrogen-bond acceptors (Lipinski definition) is 3. The summed E-state index contributed by atoms with van der Waals surface area (Å²) in [6.45, 7) is 8.24. The molecular weight excluding hydrogens is 304 g/mol. The number of aromatic nitrogens is 1. The molecule has 0 radical (unpaired) electrons. The molecule has 2 aromatic rings. The van der Waals surface area contributed by atoms with E-state index in [4.69, 9.17) is 4.52 Å². The molecule has 0 spiro atoms. The van der Waals surface area contributed by atoms with E-state index < -0.39 is 0 Å². The molecule has 0 saturated heterocycles. The summed E-state index contributed by atoms with van der Waals surface area (Å²) in [5.41, 5.74) is 3.38. The maximum atomic E-state index is 5.22. The summed E-state index contributed by atoms with van der Waals surface area (Å²) < 4.78 is 6.32. The van der Waals surface area contributed by atoms with Crippen molar-refractivity contribution in [2.24, 2.45) is 0 Å². The van der Waals surface area contributed by atoms with Crippen molar-refractivity contribution in [2.75, 3.05) is 0 Å². The molecule has 0 saturated carbocycles. The highest BCUT2D eigenvalue weighted by Gasteiger charge is 2.18. The largest absolute Gasteiger partial charge is 0.361 e. The SMILES string of the molecule is Cc1noc(C)c1C(C)NC(C)c1ccc(Br)cc1. The van der Waals surface area contributed by atoms with Gasteiger partial charge in [0.1, 0.15) is 5.76 Å². The van der Waals surface area contributed by atoms with Crippen molar-refractivity contribution < 1.29 is 4.52 Å². The summed E-state index contributed by atoms with van der Waals surface area (Å²) in [6, 6.07) is 8.87. The maximum absolute atomic E-state index is 5.22. The van der Waals surface area contributed by atoms with E-state index in [2.05, 4.69) is 64.5 Å². The Morgan fingerprint density at radius 1 is 1.11 bits per heavy atom. The van der Waals surface area contributed by atoms with Crippen molar-refractivity contribution in [1.82, 2.24) is 10.5 Å². The van der Waals surface area contributed by atoms with Crippen LogP contribution in [0.5, 0.6) is 0 Å². The van der Waals surface area contributed by atoms with E-state index in [9.17, 15) is 0 Å². The van der Waals surface area contributed by atoms with Crippen molar-refractivity contribution in [3.8, 4) is 0 Å². The lowest BCUT2D eigenvalue weighted by Gasteiger charge is -2.20. The summed E-state index contributed by atoms with van der Waals surface area (Å²) in [6.07, 6.45) is 0. The minimum atomic E-state index is 0.213. The molecule has 0 aliphatic rings. The molecule has 1 heterocycles. The van der Waals surface area contributed by atoms with Crippen LogP contribution in [0.3, 0.4) is 0 Å². The van der Waals surface area contributed by atoms with Crippen LogP contribution in [0.2, 0.25) is 0 Å². The van der Waals surface area contributed by atoms with Crippen LogP contribution in [-0.2, 0) is 0 Å². The quantitative estimate of drug-likeness (QED) is 0.902. The van der Waals surface area contributed by atoms with Crippen molar-refractivity contribution in [3.63, 3.8) is 0 Å². The lowest BCUT2D eigenvalue weighted by atomic mass is 10.0. The van der Waals surface area contributed by atoms with Gasteiger partial charge in [0.05, 0.1) is 5.69 Å². The van der Waals surface area contributed by atoms with Gasteiger partial charge in [-0.05, 0) is 45.4 Å². The molecule has 4 heteroatoms. The van der Waals surface area contributed by atoms with E-state index >= 15 is 0 Å². The normalized spacial score (nSPS) is 14.4. The van der Waals surface area contributed by atoms with Crippen molar-refractivity contribution in [2.45, 2.75) is 39.8 Å². The fourth-order valence-electron chi connectivity index (χ4n) is 2.41. The highest BCUT2D eigenvalue weighted by Crippen LogP contribution is 2.25. The lowest BCUT2D eigenvalue weighted by Crippen LogP contribution is -2.23. The maximum Gasteiger partial charge on any atom is 0.138 e. The minimum Gasteiger partial charge on any atom is -0.361 e. The second-order valence-corrected chi connectivity index (χ2v) is 5.82. The first-order chi connectivity index (χ1) is 8.99. The molecule has 0 aliphatic heterocycles. The number of hydrogen-bond donors (Lipinski definition) is 1. The topological polar surface area (TPSA) is 38.1 Å². The van der Waals surface area contributed by atoms with Crippen LogP contribution in [0, 0.1) is 13.8 Å². The van der Waals surface area contributed by atoms with E-state index in [1.165, 1.54) is 5.56 Å². The Bertz CT molecular complexity index is 528. The Morgan fingerprint density at radius 3 is 2.26 bits per heavy atom. The molecule has 1 aromatic carbocycles. The predicted octanol–water partition coefficient (Wildman–Crippen LogP) is 4.47. The molecule has 0 aliphatic carbocycles. The van der Waals surface area contributed by atoms with Crippen LogP contribution in [0.4, 0.5) is 0 Å². The Labute approximate surface area is 122 Å². The van der Waals surface area contributed by atoms with Gasteiger partial charge in [-0.25, -0.2) is 0 Å². The zero-order valence-electron chi connectivity index (χ0n) is 11.7. The van der Waals surface area contributed by atoms with E-state index in [0.29, 0.717) is 0 Å². The van der Waals surface area contributed by atoms with Gasteiger partial charge in [-0.1, -0.05) is 33.2 Å². The van der Waals surface area contributed by atoms with E-state index in [-0.39, 0.29) is 12.1 Å². The molecule has 1 aromatic heterocycles. The molecule has 0 amide bonds. The Kier molecular flexibility index (Phi) is 4.42. The number of nitrogens with zero attached hydrogens (tertiary/aromatic N) is 1. The second-order valence-electron chi connectivity index (χ2n) is 4.90. The zero-order valence-corrected chi connectivity index (χ0v) is 13.3. The first-order valence-electron chi connectivity index (χ1n) is 6.43.